The smallest absolute Gasteiger partial charge is 0.262 e. The van der Waals surface area contributed by atoms with Gasteiger partial charge in [-0.25, -0.2) is 0 Å². The van der Waals surface area contributed by atoms with E-state index in [4.69, 9.17) is 10.00 Å². The van der Waals surface area contributed by atoms with Crippen molar-refractivity contribution in [3.8, 4) is 23.6 Å². The topological polar surface area (TPSA) is 90.8 Å². The van der Waals surface area contributed by atoms with E-state index in [0.717, 1.165) is 38.8 Å². The zero-order valence-electron chi connectivity index (χ0n) is 20.0. The van der Waals surface area contributed by atoms with Crippen molar-refractivity contribution in [1.82, 2.24) is 9.88 Å². The van der Waals surface area contributed by atoms with Crippen molar-refractivity contribution < 1.29 is 9.53 Å². The van der Waals surface area contributed by atoms with Crippen LogP contribution < -0.4 is 10.1 Å². The summed E-state index contributed by atoms with van der Waals surface area (Å²) in [6.45, 7) is 4.76. The van der Waals surface area contributed by atoms with E-state index >= 15 is 0 Å². The first-order valence-electron chi connectivity index (χ1n) is 11.3. The van der Waals surface area contributed by atoms with Crippen LogP contribution in [0, 0.1) is 36.5 Å². The molecule has 0 aliphatic rings. The van der Waals surface area contributed by atoms with Gasteiger partial charge in [-0.2, -0.15) is 10.5 Å². The Labute approximate surface area is 214 Å². The fourth-order valence-corrected chi connectivity index (χ4v) is 4.49. The number of nitrogens with zero attached hydrogens (tertiary/aromatic N) is 3. The lowest BCUT2D eigenvalue weighted by Crippen LogP contribution is -2.23. The zero-order valence-corrected chi connectivity index (χ0v) is 20.8. The fourth-order valence-electron chi connectivity index (χ4n) is 3.84. The molecule has 0 fully saturated rings. The van der Waals surface area contributed by atoms with Crippen LogP contribution in [0.2, 0.25) is 0 Å². The Morgan fingerprint density at radius 2 is 1.83 bits per heavy atom. The molecule has 1 amide bonds. The van der Waals surface area contributed by atoms with Crippen LogP contribution >= 0.6 is 11.3 Å². The largest absolute Gasteiger partial charge is 0.489 e. The molecule has 0 radical (unpaired) electrons. The minimum Gasteiger partial charge on any atom is -0.489 e. The summed E-state index contributed by atoms with van der Waals surface area (Å²) in [5, 5.41) is 23.2. The number of ether oxygens (including phenoxy) is 1. The number of benzene rings is 2. The van der Waals surface area contributed by atoms with E-state index in [1.165, 1.54) is 0 Å². The molecule has 0 aliphatic carbocycles. The Balaban J connectivity index is 1.46. The summed E-state index contributed by atoms with van der Waals surface area (Å²) in [5.74, 6) is 0.347. The lowest BCUT2D eigenvalue weighted by atomic mass is 10.1. The summed E-state index contributed by atoms with van der Waals surface area (Å²) in [7, 11) is 0. The van der Waals surface area contributed by atoms with E-state index in [2.05, 4.69) is 16.0 Å². The van der Waals surface area contributed by atoms with Gasteiger partial charge in [0.2, 0.25) is 0 Å². The molecule has 0 spiro atoms. The lowest BCUT2D eigenvalue weighted by Gasteiger charge is -2.12. The number of hydrogen-bond donors (Lipinski definition) is 1. The molecule has 1 N–H and O–H groups in total. The summed E-state index contributed by atoms with van der Waals surface area (Å²) in [5.41, 5.74) is 5.36. The fraction of sp³-hybridized carbons (Fsp3) is 0.138. The maximum atomic E-state index is 12.5. The van der Waals surface area contributed by atoms with Crippen LogP contribution in [0.1, 0.15) is 33.0 Å². The average Bonchev–Trinajstić information content (AvgIpc) is 3.52. The molecule has 0 bridgehead atoms. The lowest BCUT2D eigenvalue weighted by molar-refractivity contribution is -0.117. The summed E-state index contributed by atoms with van der Waals surface area (Å²) < 4.78 is 7.96. The van der Waals surface area contributed by atoms with Crippen LogP contribution in [-0.4, -0.2) is 10.5 Å². The van der Waals surface area contributed by atoms with Gasteiger partial charge < -0.3 is 14.6 Å². The highest BCUT2D eigenvalue weighted by Gasteiger charge is 2.14. The number of nitriles is 2. The van der Waals surface area contributed by atoms with Gasteiger partial charge in [0.1, 0.15) is 24.0 Å². The van der Waals surface area contributed by atoms with Crippen molar-refractivity contribution in [3.05, 3.63) is 111 Å². The van der Waals surface area contributed by atoms with E-state index in [0.29, 0.717) is 18.7 Å². The van der Waals surface area contributed by atoms with E-state index in [1.807, 2.05) is 79.9 Å². The third-order valence-corrected chi connectivity index (χ3v) is 6.60. The summed E-state index contributed by atoms with van der Waals surface area (Å²) in [6.07, 6.45) is 1.64. The first-order valence-corrected chi connectivity index (χ1v) is 12.2. The second-order valence-corrected chi connectivity index (χ2v) is 9.22. The number of rotatable bonds is 8. The minimum atomic E-state index is -0.389. The quantitative estimate of drug-likeness (QED) is 0.247. The van der Waals surface area contributed by atoms with Crippen LogP contribution in [0.15, 0.2) is 77.7 Å². The van der Waals surface area contributed by atoms with Gasteiger partial charge in [0, 0.05) is 22.0 Å². The van der Waals surface area contributed by atoms with Crippen molar-refractivity contribution in [2.24, 2.45) is 0 Å². The molecular weight excluding hydrogens is 468 g/mol. The van der Waals surface area contributed by atoms with Crippen LogP contribution in [0.5, 0.6) is 5.75 Å². The molecule has 0 unspecified atom stereocenters. The normalized spacial score (nSPS) is 10.9. The predicted octanol–water partition coefficient (Wildman–Crippen LogP) is 5.83. The zero-order chi connectivity index (χ0) is 25.5. The Morgan fingerprint density at radius 1 is 1.08 bits per heavy atom. The molecular formula is C29H24N4O2S. The molecule has 2 aromatic carbocycles. The van der Waals surface area contributed by atoms with Gasteiger partial charge in [-0.05, 0) is 85.0 Å². The highest BCUT2D eigenvalue weighted by Crippen LogP contribution is 2.25. The van der Waals surface area contributed by atoms with E-state index in [-0.39, 0.29) is 11.5 Å². The van der Waals surface area contributed by atoms with Gasteiger partial charge in [0.25, 0.3) is 5.91 Å². The molecule has 2 aromatic heterocycles. The second kappa shape index (κ2) is 11.2. The van der Waals surface area contributed by atoms with E-state index in [1.54, 1.807) is 29.5 Å². The molecule has 4 aromatic rings. The van der Waals surface area contributed by atoms with Gasteiger partial charge >= 0.3 is 0 Å². The maximum absolute atomic E-state index is 12.5. The first-order chi connectivity index (χ1) is 17.5. The molecule has 36 heavy (non-hydrogen) atoms. The molecule has 6 nitrogen and oxygen atoms in total. The summed E-state index contributed by atoms with van der Waals surface area (Å²) in [4.78, 5) is 13.6. The van der Waals surface area contributed by atoms with E-state index in [9.17, 15) is 10.1 Å². The van der Waals surface area contributed by atoms with Gasteiger partial charge in [0.15, 0.2) is 0 Å². The third-order valence-electron chi connectivity index (χ3n) is 5.72. The van der Waals surface area contributed by atoms with Crippen molar-refractivity contribution >= 4 is 23.3 Å². The molecule has 2 heterocycles. The van der Waals surface area contributed by atoms with Gasteiger partial charge in [-0.1, -0.05) is 18.2 Å². The molecule has 0 aliphatic heterocycles. The monoisotopic (exact) mass is 492 g/mol. The Bertz CT molecular complexity index is 1470. The summed E-state index contributed by atoms with van der Waals surface area (Å²) >= 11 is 1.56. The van der Waals surface area contributed by atoms with Crippen molar-refractivity contribution in [2.45, 2.75) is 27.0 Å². The summed E-state index contributed by atoms with van der Waals surface area (Å²) in [6, 6.07) is 25.0. The van der Waals surface area contributed by atoms with Crippen LogP contribution in [-0.2, 0) is 17.9 Å². The number of nitrogens with one attached hydrogen (secondary N) is 1. The van der Waals surface area contributed by atoms with Gasteiger partial charge in [-0.3, -0.25) is 4.79 Å². The standard InChI is InChI=1S/C29H24N4O2S/c1-20-14-24(15-25(17-31)29(34)32-18-28-4-3-13-36-28)21(2)33(20)26-9-11-27(12-10-26)35-19-23-7-5-22(16-30)6-8-23/h3-15H,18-19H2,1-2H3,(H,32,34)/b25-15+. The number of aryl methyl sites for hydroxylation is 1. The Kier molecular flexibility index (Phi) is 7.65. The van der Waals surface area contributed by atoms with Crippen LogP contribution in [0.4, 0.5) is 0 Å². The molecule has 0 atom stereocenters. The highest BCUT2D eigenvalue weighted by atomic mass is 32.1. The van der Waals surface area contributed by atoms with Crippen molar-refractivity contribution in [3.63, 3.8) is 0 Å². The minimum absolute atomic E-state index is 0.0679. The number of hydrogen-bond acceptors (Lipinski definition) is 5. The van der Waals surface area contributed by atoms with Gasteiger partial charge in [-0.15, -0.1) is 11.3 Å². The molecule has 7 heteroatoms. The molecule has 0 saturated heterocycles. The van der Waals surface area contributed by atoms with Crippen LogP contribution in [0.25, 0.3) is 11.8 Å². The SMILES string of the molecule is Cc1cc(/C=C(\C#N)C(=O)NCc2cccs2)c(C)n1-c1ccc(OCc2ccc(C#N)cc2)cc1. The Hall–Kier alpha value is -4.59. The van der Waals surface area contributed by atoms with E-state index < -0.39 is 0 Å². The number of thiophene rings is 1. The maximum Gasteiger partial charge on any atom is 0.262 e. The van der Waals surface area contributed by atoms with Gasteiger partial charge in [0.05, 0.1) is 18.2 Å². The number of carbonyl (C=O) groups excluding carboxylic acids is 1. The molecule has 4 rings (SSSR count). The number of aromatic nitrogens is 1. The second-order valence-electron chi connectivity index (χ2n) is 8.19. The molecule has 0 saturated carbocycles. The third kappa shape index (κ3) is 5.72. The Morgan fingerprint density at radius 3 is 2.47 bits per heavy atom. The number of carbonyl (C=O) groups is 1. The number of amides is 1. The average molecular weight is 493 g/mol. The highest BCUT2D eigenvalue weighted by molar-refractivity contribution is 7.09. The van der Waals surface area contributed by atoms with Crippen LogP contribution in [0.3, 0.4) is 0 Å². The van der Waals surface area contributed by atoms with Crippen molar-refractivity contribution in [2.75, 3.05) is 0 Å². The first kappa shape index (κ1) is 24.5. The predicted molar refractivity (Wildman–Crippen MR) is 140 cm³/mol. The van der Waals surface area contributed by atoms with Crippen molar-refractivity contribution in [1.29, 1.82) is 10.5 Å². The molecule has 178 valence electrons.